The van der Waals surface area contributed by atoms with Crippen molar-refractivity contribution in [2.75, 3.05) is 24.8 Å². The zero-order chi connectivity index (χ0) is 14.3. The number of nitrogens with two attached hydrogens (primary N) is 1. The Kier molecular flexibility index (Phi) is 6.35. The quantitative estimate of drug-likeness (QED) is 0.752. The Morgan fingerprint density at radius 1 is 1.32 bits per heavy atom. The van der Waals surface area contributed by atoms with Gasteiger partial charge in [-0.2, -0.15) is 4.98 Å². The first-order valence-corrected chi connectivity index (χ1v) is 6.66. The molecular formula is C13H24N4O2. The average molecular weight is 268 g/mol. The molecule has 6 heteroatoms. The Labute approximate surface area is 114 Å². The van der Waals surface area contributed by atoms with Crippen molar-refractivity contribution >= 4 is 11.5 Å². The molecule has 108 valence electrons. The number of nitrogens with zero attached hydrogens (tertiary/aromatic N) is 2. The van der Waals surface area contributed by atoms with E-state index in [1.165, 1.54) is 0 Å². The molecule has 19 heavy (non-hydrogen) atoms. The first-order chi connectivity index (χ1) is 9.12. The van der Waals surface area contributed by atoms with Crippen LogP contribution in [0.4, 0.5) is 11.5 Å². The number of ether oxygens (including phenoxy) is 2. The lowest BCUT2D eigenvalue weighted by Gasteiger charge is -2.17. The molecule has 0 amide bonds. The molecule has 0 spiro atoms. The van der Waals surface area contributed by atoms with Crippen LogP contribution in [0.15, 0.2) is 0 Å². The summed E-state index contributed by atoms with van der Waals surface area (Å²) in [6, 6.07) is 0.284. The highest BCUT2D eigenvalue weighted by atomic mass is 16.5. The molecule has 0 radical (unpaired) electrons. The van der Waals surface area contributed by atoms with Crippen molar-refractivity contribution in [1.29, 1.82) is 0 Å². The van der Waals surface area contributed by atoms with Crippen LogP contribution < -0.4 is 15.8 Å². The molecule has 1 atom stereocenters. The summed E-state index contributed by atoms with van der Waals surface area (Å²) in [6.07, 6.45) is 1.88. The molecule has 1 aromatic heterocycles. The van der Waals surface area contributed by atoms with E-state index < -0.39 is 0 Å². The number of aromatic nitrogens is 2. The third-order valence-electron chi connectivity index (χ3n) is 2.67. The van der Waals surface area contributed by atoms with E-state index in [4.69, 9.17) is 15.2 Å². The molecule has 1 heterocycles. The molecule has 0 aliphatic carbocycles. The maximum absolute atomic E-state index is 6.04. The van der Waals surface area contributed by atoms with E-state index in [1.54, 1.807) is 7.11 Å². The molecule has 1 rings (SSSR count). The summed E-state index contributed by atoms with van der Waals surface area (Å²) in [4.78, 5) is 8.64. The second-order valence-corrected chi connectivity index (χ2v) is 4.44. The van der Waals surface area contributed by atoms with Crippen LogP contribution in [-0.2, 0) is 11.3 Å². The van der Waals surface area contributed by atoms with Crippen LogP contribution in [0.1, 0.15) is 39.4 Å². The molecule has 0 saturated carbocycles. The third kappa shape index (κ3) is 4.55. The molecule has 0 aliphatic heterocycles. The van der Waals surface area contributed by atoms with Crippen LogP contribution in [-0.4, -0.2) is 29.7 Å². The Bertz CT molecular complexity index is 398. The summed E-state index contributed by atoms with van der Waals surface area (Å²) in [7, 11) is 1.61. The van der Waals surface area contributed by atoms with Gasteiger partial charge in [0.2, 0.25) is 5.88 Å². The van der Waals surface area contributed by atoms with Crippen LogP contribution >= 0.6 is 0 Å². The maximum atomic E-state index is 6.04. The average Bonchev–Trinajstić information content (AvgIpc) is 2.40. The molecule has 0 aromatic carbocycles. The summed E-state index contributed by atoms with van der Waals surface area (Å²) in [5.41, 5.74) is 6.49. The largest absolute Gasteiger partial charge is 0.476 e. The van der Waals surface area contributed by atoms with E-state index in [0.717, 1.165) is 12.8 Å². The fraction of sp³-hybridized carbons (Fsp3) is 0.692. The minimum atomic E-state index is 0.284. The van der Waals surface area contributed by atoms with Crippen molar-refractivity contribution in [3.63, 3.8) is 0 Å². The highest BCUT2D eigenvalue weighted by molar-refractivity contribution is 5.67. The van der Waals surface area contributed by atoms with Crippen LogP contribution in [0.3, 0.4) is 0 Å². The van der Waals surface area contributed by atoms with Gasteiger partial charge in [-0.25, -0.2) is 4.98 Å². The minimum absolute atomic E-state index is 0.284. The van der Waals surface area contributed by atoms with Gasteiger partial charge in [0.1, 0.15) is 12.3 Å². The number of nitrogen functional groups attached to an aromatic ring is 1. The van der Waals surface area contributed by atoms with Crippen LogP contribution in [0.5, 0.6) is 5.88 Å². The standard InChI is InChI=1S/C13H24N4O2/c1-5-7-19-13-11(14)12(15-9(3)6-2)16-10(17-13)8-18-4/h9H,5-8,14H2,1-4H3,(H,15,16,17). The van der Waals surface area contributed by atoms with Gasteiger partial charge in [-0.3, -0.25) is 0 Å². The van der Waals surface area contributed by atoms with Crippen molar-refractivity contribution in [3.8, 4) is 5.88 Å². The number of anilines is 2. The lowest BCUT2D eigenvalue weighted by Crippen LogP contribution is -2.18. The van der Waals surface area contributed by atoms with Gasteiger partial charge in [0, 0.05) is 13.2 Å². The Hall–Kier alpha value is -1.56. The smallest absolute Gasteiger partial charge is 0.242 e. The fourth-order valence-corrected chi connectivity index (χ4v) is 1.44. The van der Waals surface area contributed by atoms with E-state index in [2.05, 4.69) is 29.1 Å². The molecule has 0 fully saturated rings. The van der Waals surface area contributed by atoms with E-state index >= 15 is 0 Å². The first kappa shape index (κ1) is 15.5. The molecule has 1 aromatic rings. The van der Waals surface area contributed by atoms with Gasteiger partial charge in [-0.05, 0) is 19.8 Å². The number of nitrogens with one attached hydrogen (secondary N) is 1. The van der Waals surface area contributed by atoms with Crippen molar-refractivity contribution < 1.29 is 9.47 Å². The zero-order valence-electron chi connectivity index (χ0n) is 12.2. The Morgan fingerprint density at radius 3 is 2.63 bits per heavy atom. The first-order valence-electron chi connectivity index (χ1n) is 6.66. The molecule has 0 bridgehead atoms. The van der Waals surface area contributed by atoms with Gasteiger partial charge in [0.25, 0.3) is 0 Å². The number of methoxy groups -OCH3 is 1. The van der Waals surface area contributed by atoms with Gasteiger partial charge in [-0.1, -0.05) is 13.8 Å². The molecule has 1 unspecified atom stereocenters. The zero-order valence-corrected chi connectivity index (χ0v) is 12.2. The number of rotatable bonds is 8. The summed E-state index contributed by atoms with van der Waals surface area (Å²) in [5.74, 6) is 1.60. The monoisotopic (exact) mass is 268 g/mol. The predicted molar refractivity (Wildman–Crippen MR) is 76.3 cm³/mol. The highest BCUT2D eigenvalue weighted by Gasteiger charge is 2.14. The van der Waals surface area contributed by atoms with Gasteiger partial charge < -0.3 is 20.5 Å². The minimum Gasteiger partial charge on any atom is -0.476 e. The fourth-order valence-electron chi connectivity index (χ4n) is 1.44. The molecule has 0 saturated heterocycles. The van der Waals surface area contributed by atoms with E-state index in [0.29, 0.717) is 36.4 Å². The lowest BCUT2D eigenvalue weighted by molar-refractivity contribution is 0.176. The molecule has 3 N–H and O–H groups in total. The van der Waals surface area contributed by atoms with Crippen LogP contribution in [0.25, 0.3) is 0 Å². The second-order valence-electron chi connectivity index (χ2n) is 4.44. The van der Waals surface area contributed by atoms with Crippen molar-refractivity contribution in [2.24, 2.45) is 0 Å². The second kappa shape index (κ2) is 7.78. The molecule has 6 nitrogen and oxygen atoms in total. The normalized spacial score (nSPS) is 12.2. The predicted octanol–water partition coefficient (Wildman–Crippen LogP) is 2.20. The van der Waals surface area contributed by atoms with E-state index in [-0.39, 0.29) is 6.04 Å². The summed E-state index contributed by atoms with van der Waals surface area (Å²) in [6.45, 7) is 7.11. The van der Waals surface area contributed by atoms with Crippen molar-refractivity contribution in [2.45, 2.75) is 46.3 Å². The summed E-state index contributed by atoms with van der Waals surface area (Å²) in [5, 5.41) is 3.26. The number of hydrogen-bond donors (Lipinski definition) is 2. The molecular weight excluding hydrogens is 244 g/mol. The number of hydrogen-bond acceptors (Lipinski definition) is 6. The van der Waals surface area contributed by atoms with Crippen molar-refractivity contribution in [3.05, 3.63) is 5.82 Å². The summed E-state index contributed by atoms with van der Waals surface area (Å²) >= 11 is 0. The third-order valence-corrected chi connectivity index (χ3v) is 2.67. The van der Waals surface area contributed by atoms with E-state index in [1.807, 2.05) is 6.92 Å². The Balaban J connectivity index is 3.01. The van der Waals surface area contributed by atoms with Gasteiger partial charge >= 0.3 is 0 Å². The van der Waals surface area contributed by atoms with Gasteiger partial charge in [0.05, 0.1) is 6.61 Å². The van der Waals surface area contributed by atoms with Gasteiger partial charge in [-0.15, -0.1) is 0 Å². The van der Waals surface area contributed by atoms with E-state index in [9.17, 15) is 0 Å². The van der Waals surface area contributed by atoms with Crippen molar-refractivity contribution in [1.82, 2.24) is 9.97 Å². The molecule has 0 aliphatic rings. The maximum Gasteiger partial charge on any atom is 0.242 e. The summed E-state index contributed by atoms with van der Waals surface area (Å²) < 4.78 is 10.6. The SMILES string of the molecule is CCCOc1nc(COC)nc(NC(C)CC)c1N. The van der Waals surface area contributed by atoms with Crippen LogP contribution in [0, 0.1) is 0 Å². The lowest BCUT2D eigenvalue weighted by atomic mass is 10.2. The topological polar surface area (TPSA) is 82.3 Å². The van der Waals surface area contributed by atoms with Gasteiger partial charge in [0.15, 0.2) is 11.6 Å². The Morgan fingerprint density at radius 2 is 2.05 bits per heavy atom. The van der Waals surface area contributed by atoms with Crippen LogP contribution in [0.2, 0.25) is 0 Å². The highest BCUT2D eigenvalue weighted by Crippen LogP contribution is 2.27.